The SMILES string of the molecule is CCCn1nccc1C(CCOCCOC)NC. The van der Waals surface area contributed by atoms with Crippen LogP contribution in [0, 0.1) is 0 Å². The van der Waals surface area contributed by atoms with Crippen LogP contribution in [-0.2, 0) is 16.0 Å². The zero-order chi connectivity index (χ0) is 13.2. The molecule has 0 amide bonds. The quantitative estimate of drug-likeness (QED) is 0.645. The number of ether oxygens (including phenoxy) is 2. The summed E-state index contributed by atoms with van der Waals surface area (Å²) >= 11 is 0. The third-order valence-electron chi connectivity index (χ3n) is 2.87. The molecule has 0 bridgehead atoms. The second-order valence-corrected chi connectivity index (χ2v) is 4.21. The van der Waals surface area contributed by atoms with E-state index < -0.39 is 0 Å². The molecule has 0 saturated heterocycles. The first kappa shape index (κ1) is 15.1. The molecule has 0 aliphatic rings. The number of nitrogens with one attached hydrogen (secondary N) is 1. The minimum absolute atomic E-state index is 0.293. The molecule has 0 aromatic carbocycles. The van der Waals surface area contributed by atoms with Gasteiger partial charge < -0.3 is 14.8 Å². The average Bonchev–Trinajstić information content (AvgIpc) is 2.83. The summed E-state index contributed by atoms with van der Waals surface area (Å²) < 4.78 is 12.5. The lowest BCUT2D eigenvalue weighted by atomic mass is 10.1. The van der Waals surface area contributed by atoms with Crippen molar-refractivity contribution in [2.24, 2.45) is 0 Å². The first-order valence-electron chi connectivity index (χ1n) is 6.59. The van der Waals surface area contributed by atoms with Crippen molar-refractivity contribution in [3.8, 4) is 0 Å². The van der Waals surface area contributed by atoms with Crippen LogP contribution in [0.15, 0.2) is 12.3 Å². The van der Waals surface area contributed by atoms with Crippen LogP contribution >= 0.6 is 0 Å². The van der Waals surface area contributed by atoms with Gasteiger partial charge in [0.1, 0.15) is 0 Å². The van der Waals surface area contributed by atoms with Gasteiger partial charge in [-0.05, 0) is 26.0 Å². The summed E-state index contributed by atoms with van der Waals surface area (Å²) in [5.41, 5.74) is 1.23. The predicted molar refractivity (Wildman–Crippen MR) is 71.6 cm³/mol. The Hall–Kier alpha value is -0.910. The van der Waals surface area contributed by atoms with Gasteiger partial charge in [-0.1, -0.05) is 6.92 Å². The van der Waals surface area contributed by atoms with Gasteiger partial charge in [-0.25, -0.2) is 0 Å². The van der Waals surface area contributed by atoms with Crippen molar-refractivity contribution in [3.63, 3.8) is 0 Å². The number of aromatic nitrogens is 2. The monoisotopic (exact) mass is 255 g/mol. The highest BCUT2D eigenvalue weighted by Gasteiger charge is 2.13. The summed E-state index contributed by atoms with van der Waals surface area (Å²) in [7, 11) is 3.66. The zero-order valence-corrected chi connectivity index (χ0v) is 11.7. The first-order valence-corrected chi connectivity index (χ1v) is 6.59. The Bertz CT molecular complexity index is 315. The smallest absolute Gasteiger partial charge is 0.0700 e. The van der Waals surface area contributed by atoms with Crippen molar-refractivity contribution >= 4 is 0 Å². The average molecular weight is 255 g/mol. The van der Waals surface area contributed by atoms with E-state index in [1.165, 1.54) is 5.69 Å². The van der Waals surface area contributed by atoms with Crippen LogP contribution in [0.1, 0.15) is 31.5 Å². The molecule has 0 spiro atoms. The molecule has 5 heteroatoms. The maximum Gasteiger partial charge on any atom is 0.0700 e. The molecule has 0 fully saturated rings. The van der Waals surface area contributed by atoms with E-state index in [-0.39, 0.29) is 0 Å². The van der Waals surface area contributed by atoms with E-state index in [4.69, 9.17) is 9.47 Å². The Labute approximate surface area is 109 Å². The van der Waals surface area contributed by atoms with Crippen LogP contribution < -0.4 is 5.32 Å². The van der Waals surface area contributed by atoms with Crippen molar-refractivity contribution in [1.29, 1.82) is 0 Å². The van der Waals surface area contributed by atoms with Crippen LogP contribution in [-0.4, -0.2) is 43.8 Å². The largest absolute Gasteiger partial charge is 0.382 e. The molecule has 1 aromatic heterocycles. The Balaban J connectivity index is 2.41. The fraction of sp³-hybridized carbons (Fsp3) is 0.769. The van der Waals surface area contributed by atoms with E-state index in [1.54, 1.807) is 7.11 Å². The topological polar surface area (TPSA) is 48.3 Å². The maximum absolute atomic E-state index is 5.51. The molecule has 1 rings (SSSR count). The number of nitrogens with zero attached hydrogens (tertiary/aromatic N) is 2. The number of rotatable bonds is 10. The van der Waals surface area contributed by atoms with Crippen LogP contribution in [0.25, 0.3) is 0 Å². The second-order valence-electron chi connectivity index (χ2n) is 4.21. The highest BCUT2D eigenvalue weighted by Crippen LogP contribution is 2.16. The van der Waals surface area contributed by atoms with Crippen molar-refractivity contribution in [2.45, 2.75) is 32.4 Å². The number of hydrogen-bond acceptors (Lipinski definition) is 4. The summed E-state index contributed by atoms with van der Waals surface area (Å²) in [6.07, 6.45) is 3.90. The molecule has 1 atom stereocenters. The van der Waals surface area contributed by atoms with Gasteiger partial charge in [0.15, 0.2) is 0 Å². The third-order valence-corrected chi connectivity index (χ3v) is 2.87. The Morgan fingerprint density at radius 2 is 2.22 bits per heavy atom. The number of methoxy groups -OCH3 is 1. The van der Waals surface area contributed by atoms with Crippen LogP contribution in [0.2, 0.25) is 0 Å². The van der Waals surface area contributed by atoms with E-state index in [9.17, 15) is 0 Å². The zero-order valence-electron chi connectivity index (χ0n) is 11.7. The Kier molecular flexibility index (Phi) is 7.64. The van der Waals surface area contributed by atoms with E-state index in [0.29, 0.717) is 19.3 Å². The number of aryl methyl sites for hydroxylation is 1. The number of hydrogen-bond donors (Lipinski definition) is 1. The van der Waals surface area contributed by atoms with Crippen molar-refractivity contribution in [3.05, 3.63) is 18.0 Å². The molecule has 0 radical (unpaired) electrons. The molecule has 104 valence electrons. The first-order chi connectivity index (χ1) is 8.83. The van der Waals surface area contributed by atoms with Crippen molar-refractivity contribution < 1.29 is 9.47 Å². The fourth-order valence-corrected chi connectivity index (χ4v) is 1.92. The Morgan fingerprint density at radius 3 is 2.89 bits per heavy atom. The molecular formula is C13H25N3O2. The summed E-state index contributed by atoms with van der Waals surface area (Å²) in [6.45, 7) is 5.16. The van der Waals surface area contributed by atoms with E-state index >= 15 is 0 Å². The third kappa shape index (κ3) is 4.76. The molecule has 1 aromatic rings. The normalized spacial score (nSPS) is 12.8. The van der Waals surface area contributed by atoms with Gasteiger partial charge in [-0.2, -0.15) is 5.10 Å². The van der Waals surface area contributed by atoms with Crippen LogP contribution in [0.4, 0.5) is 0 Å². The van der Waals surface area contributed by atoms with Gasteiger partial charge in [0.25, 0.3) is 0 Å². The molecule has 0 aliphatic carbocycles. The molecule has 18 heavy (non-hydrogen) atoms. The predicted octanol–water partition coefficient (Wildman–Crippen LogP) is 1.61. The minimum Gasteiger partial charge on any atom is -0.382 e. The minimum atomic E-state index is 0.293. The lowest BCUT2D eigenvalue weighted by molar-refractivity contribution is 0.0657. The summed E-state index contributed by atoms with van der Waals surface area (Å²) in [6, 6.07) is 2.37. The molecule has 0 saturated carbocycles. The van der Waals surface area contributed by atoms with Gasteiger partial charge in [0.05, 0.1) is 24.9 Å². The van der Waals surface area contributed by atoms with Crippen molar-refractivity contribution in [1.82, 2.24) is 15.1 Å². The summed E-state index contributed by atoms with van der Waals surface area (Å²) in [4.78, 5) is 0. The molecule has 0 aliphatic heterocycles. The van der Waals surface area contributed by atoms with Gasteiger partial charge in [0.2, 0.25) is 0 Å². The fourth-order valence-electron chi connectivity index (χ4n) is 1.92. The van der Waals surface area contributed by atoms with E-state index in [2.05, 4.69) is 28.1 Å². The van der Waals surface area contributed by atoms with Crippen LogP contribution in [0.5, 0.6) is 0 Å². The Morgan fingerprint density at radius 1 is 1.39 bits per heavy atom. The van der Waals surface area contributed by atoms with Crippen molar-refractivity contribution in [2.75, 3.05) is 34.0 Å². The van der Waals surface area contributed by atoms with Gasteiger partial charge in [0, 0.05) is 26.5 Å². The summed E-state index contributed by atoms with van der Waals surface area (Å²) in [5, 5.41) is 7.67. The maximum atomic E-state index is 5.51. The van der Waals surface area contributed by atoms with Gasteiger partial charge in [-0.15, -0.1) is 0 Å². The molecular weight excluding hydrogens is 230 g/mol. The summed E-state index contributed by atoms with van der Waals surface area (Å²) in [5.74, 6) is 0. The standard InChI is InChI=1S/C13H25N3O2/c1-4-8-16-13(5-7-15-16)12(14-2)6-9-18-11-10-17-3/h5,7,12,14H,4,6,8-11H2,1-3H3. The lowest BCUT2D eigenvalue weighted by Gasteiger charge is -2.17. The molecule has 1 heterocycles. The molecule has 1 unspecified atom stereocenters. The second kappa shape index (κ2) is 9.08. The molecule has 1 N–H and O–H groups in total. The van der Waals surface area contributed by atoms with Gasteiger partial charge in [-0.3, -0.25) is 4.68 Å². The van der Waals surface area contributed by atoms with E-state index in [1.807, 2.05) is 13.2 Å². The van der Waals surface area contributed by atoms with Crippen LogP contribution in [0.3, 0.4) is 0 Å². The highest BCUT2D eigenvalue weighted by molar-refractivity contribution is 5.06. The molecule has 5 nitrogen and oxygen atoms in total. The highest BCUT2D eigenvalue weighted by atomic mass is 16.5. The lowest BCUT2D eigenvalue weighted by Crippen LogP contribution is -2.22. The van der Waals surface area contributed by atoms with Gasteiger partial charge >= 0.3 is 0 Å². The van der Waals surface area contributed by atoms with E-state index in [0.717, 1.165) is 26.0 Å².